The van der Waals surface area contributed by atoms with E-state index in [-0.39, 0.29) is 17.8 Å². The Morgan fingerprint density at radius 3 is 2.73 bits per heavy atom. The van der Waals surface area contributed by atoms with Gasteiger partial charge >= 0.3 is 12.1 Å². The quantitative estimate of drug-likeness (QED) is 0.732. The fourth-order valence-electron chi connectivity index (χ4n) is 2.09. The highest BCUT2D eigenvalue weighted by Gasteiger charge is 2.30. The molecule has 0 spiro atoms. The lowest BCUT2D eigenvalue weighted by molar-refractivity contribution is -0.139. The van der Waals surface area contributed by atoms with Crippen LogP contribution < -0.4 is 5.32 Å². The number of halogens is 3. The molecule has 138 valence electrons. The Morgan fingerprint density at radius 1 is 1.38 bits per heavy atom. The van der Waals surface area contributed by atoms with E-state index in [0.29, 0.717) is 6.42 Å². The second-order valence-corrected chi connectivity index (χ2v) is 5.33. The number of hydrogen-bond donors (Lipinski definition) is 2. The van der Waals surface area contributed by atoms with Crippen LogP contribution in [0.2, 0.25) is 0 Å². The van der Waals surface area contributed by atoms with E-state index < -0.39 is 29.7 Å². The monoisotopic (exact) mass is 368 g/mol. The molecule has 0 bridgehead atoms. The van der Waals surface area contributed by atoms with Crippen molar-refractivity contribution >= 4 is 11.9 Å². The van der Waals surface area contributed by atoms with Crippen LogP contribution in [0.4, 0.5) is 13.2 Å². The van der Waals surface area contributed by atoms with Crippen LogP contribution in [0.3, 0.4) is 0 Å². The van der Waals surface area contributed by atoms with Crippen LogP contribution >= 0.6 is 0 Å². The molecule has 0 radical (unpaired) electrons. The molecule has 0 fully saturated rings. The molecule has 2 N–H and O–H groups in total. The molecule has 1 unspecified atom stereocenters. The zero-order valence-corrected chi connectivity index (χ0v) is 13.4. The number of rotatable bonds is 7. The number of carbonyl (C=O) groups is 2. The topological polar surface area (TPSA) is 97.1 Å². The van der Waals surface area contributed by atoms with Crippen molar-refractivity contribution in [3.8, 4) is 5.69 Å². The first-order valence-electron chi connectivity index (χ1n) is 7.47. The molecule has 1 atom stereocenters. The summed E-state index contributed by atoms with van der Waals surface area (Å²) in [6.45, 7) is 3.48. The van der Waals surface area contributed by atoms with Gasteiger partial charge < -0.3 is 10.4 Å². The van der Waals surface area contributed by atoms with Crippen LogP contribution in [0, 0.1) is 0 Å². The zero-order valence-electron chi connectivity index (χ0n) is 13.4. The van der Waals surface area contributed by atoms with Crippen LogP contribution in [0.1, 0.15) is 28.9 Å². The number of aromatic nitrogens is 3. The Bertz CT molecular complexity index is 817. The number of amides is 1. The van der Waals surface area contributed by atoms with Gasteiger partial charge in [-0.2, -0.15) is 13.2 Å². The van der Waals surface area contributed by atoms with E-state index in [1.807, 2.05) is 0 Å². The van der Waals surface area contributed by atoms with E-state index in [1.54, 1.807) is 0 Å². The fourth-order valence-corrected chi connectivity index (χ4v) is 2.09. The molecule has 0 aliphatic carbocycles. The summed E-state index contributed by atoms with van der Waals surface area (Å²) in [5, 5.41) is 18.6. The summed E-state index contributed by atoms with van der Waals surface area (Å²) in [4.78, 5) is 23.2. The molecule has 0 aliphatic heterocycles. The number of carboxylic acid groups (broad SMARTS) is 1. The van der Waals surface area contributed by atoms with Gasteiger partial charge in [0.15, 0.2) is 5.69 Å². The Hall–Kier alpha value is -3.17. The molecule has 1 aromatic carbocycles. The van der Waals surface area contributed by atoms with Crippen molar-refractivity contribution in [2.24, 2.45) is 0 Å². The van der Waals surface area contributed by atoms with Gasteiger partial charge in [-0.3, -0.25) is 4.79 Å². The highest BCUT2D eigenvalue weighted by molar-refractivity contribution is 5.94. The second-order valence-electron chi connectivity index (χ2n) is 5.33. The van der Waals surface area contributed by atoms with Crippen molar-refractivity contribution in [3.63, 3.8) is 0 Å². The zero-order chi connectivity index (χ0) is 19.3. The molecule has 2 rings (SSSR count). The number of carboxylic acids is 1. The average molecular weight is 368 g/mol. The molecular weight excluding hydrogens is 353 g/mol. The van der Waals surface area contributed by atoms with E-state index in [9.17, 15) is 22.8 Å². The molecule has 2 aromatic rings. The molecule has 0 saturated heterocycles. The Kier molecular flexibility index (Phi) is 5.75. The second kappa shape index (κ2) is 7.81. The van der Waals surface area contributed by atoms with Gasteiger partial charge in [0.05, 0.1) is 17.4 Å². The van der Waals surface area contributed by atoms with Gasteiger partial charge in [-0.15, -0.1) is 11.7 Å². The third-order valence-corrected chi connectivity index (χ3v) is 3.43. The molecular formula is C16H15F3N4O3. The molecule has 7 nitrogen and oxygen atoms in total. The molecule has 26 heavy (non-hydrogen) atoms. The molecule has 1 aromatic heterocycles. The van der Waals surface area contributed by atoms with E-state index in [1.165, 1.54) is 18.2 Å². The van der Waals surface area contributed by atoms with Crippen molar-refractivity contribution in [2.75, 3.05) is 0 Å². The summed E-state index contributed by atoms with van der Waals surface area (Å²) < 4.78 is 39.3. The van der Waals surface area contributed by atoms with Crippen molar-refractivity contribution in [2.45, 2.75) is 25.1 Å². The largest absolute Gasteiger partial charge is 0.480 e. The van der Waals surface area contributed by atoms with E-state index in [2.05, 4.69) is 22.2 Å². The molecule has 10 heteroatoms. The Balaban J connectivity index is 2.17. The van der Waals surface area contributed by atoms with Gasteiger partial charge in [0.1, 0.15) is 6.04 Å². The Morgan fingerprint density at radius 2 is 2.12 bits per heavy atom. The number of carbonyl (C=O) groups excluding carboxylic acids is 1. The van der Waals surface area contributed by atoms with Crippen molar-refractivity contribution in [3.05, 3.63) is 54.4 Å². The number of nitrogens with zero attached hydrogens (tertiary/aromatic N) is 3. The number of benzene rings is 1. The maximum atomic E-state index is 12.8. The van der Waals surface area contributed by atoms with Crippen LogP contribution in [-0.2, 0) is 11.0 Å². The Labute approximate surface area is 146 Å². The minimum Gasteiger partial charge on any atom is -0.480 e. The fraction of sp³-hybridized carbons (Fsp3) is 0.250. The molecule has 0 aliphatic rings. The number of allylic oxidation sites excluding steroid dienone is 1. The SMILES string of the molecule is C=CCCC(NC(=O)c1cn(-c2cccc(C(F)(F)F)c2)nn1)C(=O)O. The van der Waals surface area contributed by atoms with Crippen molar-refractivity contribution in [1.29, 1.82) is 0 Å². The number of aliphatic carboxylic acids is 1. The average Bonchev–Trinajstić information content (AvgIpc) is 3.07. The number of alkyl halides is 3. The lowest BCUT2D eigenvalue weighted by Gasteiger charge is -2.12. The predicted octanol–water partition coefficient (Wildman–Crippen LogP) is 2.44. The third-order valence-electron chi connectivity index (χ3n) is 3.43. The van der Waals surface area contributed by atoms with Crippen molar-refractivity contribution in [1.82, 2.24) is 20.3 Å². The predicted molar refractivity (Wildman–Crippen MR) is 84.7 cm³/mol. The third kappa shape index (κ3) is 4.68. The smallest absolute Gasteiger partial charge is 0.416 e. The molecule has 1 heterocycles. The standard InChI is InChI=1S/C16H15F3N4O3/c1-2-3-7-12(15(25)26)20-14(24)13-9-23(22-21-13)11-6-4-5-10(8-11)16(17,18)19/h2,4-6,8-9,12H,1,3,7H2,(H,20,24)(H,25,26). The highest BCUT2D eigenvalue weighted by Crippen LogP contribution is 2.30. The maximum Gasteiger partial charge on any atom is 0.416 e. The van der Waals surface area contributed by atoms with Gasteiger partial charge in [0.25, 0.3) is 5.91 Å². The summed E-state index contributed by atoms with van der Waals surface area (Å²) in [6, 6.07) is 3.20. The van der Waals surface area contributed by atoms with Crippen LogP contribution in [0.15, 0.2) is 43.1 Å². The summed E-state index contributed by atoms with van der Waals surface area (Å²) in [5.74, 6) is -2.01. The normalized spacial score (nSPS) is 12.4. The lowest BCUT2D eigenvalue weighted by atomic mass is 10.1. The van der Waals surface area contributed by atoms with Gasteiger partial charge in [-0.1, -0.05) is 17.4 Å². The molecule has 0 saturated carbocycles. The summed E-state index contributed by atoms with van der Waals surface area (Å²) in [7, 11) is 0. The van der Waals surface area contributed by atoms with Crippen molar-refractivity contribution < 1.29 is 27.9 Å². The van der Waals surface area contributed by atoms with Crippen LogP contribution in [-0.4, -0.2) is 38.0 Å². The summed E-state index contributed by atoms with van der Waals surface area (Å²) in [6.07, 6.45) is -1.35. The summed E-state index contributed by atoms with van der Waals surface area (Å²) >= 11 is 0. The minimum absolute atomic E-state index is 0.0628. The van der Waals surface area contributed by atoms with Crippen LogP contribution in [0.25, 0.3) is 5.69 Å². The van der Waals surface area contributed by atoms with E-state index in [0.717, 1.165) is 23.0 Å². The maximum absolute atomic E-state index is 12.8. The highest BCUT2D eigenvalue weighted by atomic mass is 19.4. The summed E-state index contributed by atoms with van der Waals surface area (Å²) in [5.41, 5.74) is -1.02. The van der Waals surface area contributed by atoms with Gasteiger partial charge in [0.2, 0.25) is 0 Å². The van der Waals surface area contributed by atoms with Gasteiger partial charge in [-0.05, 0) is 31.0 Å². The van der Waals surface area contributed by atoms with Crippen LogP contribution in [0.5, 0.6) is 0 Å². The lowest BCUT2D eigenvalue weighted by Crippen LogP contribution is -2.40. The first-order valence-corrected chi connectivity index (χ1v) is 7.47. The van der Waals surface area contributed by atoms with Gasteiger partial charge in [0, 0.05) is 0 Å². The molecule has 1 amide bonds. The first-order chi connectivity index (χ1) is 12.2. The number of nitrogens with one attached hydrogen (secondary N) is 1. The van der Waals surface area contributed by atoms with Gasteiger partial charge in [-0.25, -0.2) is 9.48 Å². The minimum atomic E-state index is -4.52. The van der Waals surface area contributed by atoms with E-state index in [4.69, 9.17) is 5.11 Å². The number of hydrogen-bond acceptors (Lipinski definition) is 4. The van der Waals surface area contributed by atoms with E-state index >= 15 is 0 Å². The first kappa shape index (κ1) is 19.2.